The molecule has 1 aromatic heterocycles. The molecular formula is C18H23N3O5S. The van der Waals surface area contributed by atoms with Gasteiger partial charge in [0, 0.05) is 18.0 Å². The lowest BCUT2D eigenvalue weighted by molar-refractivity contribution is -0.136. The van der Waals surface area contributed by atoms with Gasteiger partial charge in [-0.2, -0.15) is 5.10 Å². The van der Waals surface area contributed by atoms with Crippen LogP contribution >= 0.6 is 0 Å². The van der Waals surface area contributed by atoms with Gasteiger partial charge in [0.15, 0.2) is 22.1 Å². The van der Waals surface area contributed by atoms with Gasteiger partial charge < -0.3 is 9.64 Å². The van der Waals surface area contributed by atoms with Crippen LogP contribution in [-0.4, -0.2) is 66.1 Å². The van der Waals surface area contributed by atoms with Crippen LogP contribution in [0.5, 0.6) is 0 Å². The van der Waals surface area contributed by atoms with E-state index in [-0.39, 0.29) is 29.1 Å². The van der Waals surface area contributed by atoms with Gasteiger partial charge in [0.05, 0.1) is 17.0 Å². The number of hydrogen-bond acceptors (Lipinski definition) is 6. The second kappa shape index (κ2) is 8.08. The third-order valence-corrected chi connectivity index (χ3v) is 6.46. The van der Waals surface area contributed by atoms with Gasteiger partial charge in [0.2, 0.25) is 0 Å². The molecule has 1 unspecified atom stereocenters. The molecule has 1 aliphatic rings. The van der Waals surface area contributed by atoms with E-state index in [1.807, 2.05) is 13.0 Å². The topological polar surface area (TPSA) is 109 Å². The number of aromatic nitrogens is 2. The Labute approximate surface area is 157 Å². The Morgan fingerprint density at radius 3 is 2.81 bits per heavy atom. The summed E-state index contributed by atoms with van der Waals surface area (Å²) in [4.78, 5) is 26.5. The molecule has 3 rings (SSSR count). The van der Waals surface area contributed by atoms with Crippen molar-refractivity contribution in [3.8, 4) is 0 Å². The zero-order chi connectivity index (χ0) is 19.4. The fourth-order valence-electron chi connectivity index (χ4n) is 3.26. The molecule has 8 nitrogen and oxygen atoms in total. The number of H-pyrrole nitrogens is 1. The first-order valence-corrected chi connectivity index (χ1v) is 10.8. The molecule has 1 atom stereocenters. The number of benzene rings is 1. The summed E-state index contributed by atoms with van der Waals surface area (Å²) in [6.07, 6.45) is 2.07. The van der Waals surface area contributed by atoms with Crippen molar-refractivity contribution in [2.75, 3.05) is 24.7 Å². The van der Waals surface area contributed by atoms with E-state index in [1.165, 1.54) is 0 Å². The number of esters is 1. The summed E-state index contributed by atoms with van der Waals surface area (Å²) in [5, 5.41) is 7.33. The first-order valence-electron chi connectivity index (χ1n) is 9.01. The Morgan fingerprint density at radius 1 is 1.33 bits per heavy atom. The van der Waals surface area contributed by atoms with Crippen molar-refractivity contribution in [3.05, 3.63) is 30.0 Å². The maximum absolute atomic E-state index is 12.6. The van der Waals surface area contributed by atoms with Crippen LogP contribution in [0.4, 0.5) is 0 Å². The first kappa shape index (κ1) is 19.3. The first-order chi connectivity index (χ1) is 12.9. The number of fused-ring (bicyclic) bond motifs is 1. The Hall–Kier alpha value is -2.42. The molecule has 1 N–H and O–H groups in total. The number of para-hydroxylation sites is 1. The Kier molecular flexibility index (Phi) is 5.79. The average Bonchev–Trinajstić information content (AvgIpc) is 3.23. The summed E-state index contributed by atoms with van der Waals surface area (Å²) in [5.41, 5.74) is 0.832. The molecule has 0 bridgehead atoms. The maximum atomic E-state index is 12.6. The van der Waals surface area contributed by atoms with E-state index in [0.29, 0.717) is 23.9 Å². The van der Waals surface area contributed by atoms with E-state index in [0.717, 1.165) is 12.8 Å². The minimum atomic E-state index is -3.11. The molecule has 2 heterocycles. The SMILES string of the molecule is CCCCN(C(=O)COC(=O)c1n[nH]c2ccccc12)C1CCS(=O)(=O)C1. The lowest BCUT2D eigenvalue weighted by Crippen LogP contribution is -2.43. The van der Waals surface area contributed by atoms with E-state index in [1.54, 1.807) is 23.1 Å². The number of unbranched alkanes of at least 4 members (excludes halogenated alkanes) is 1. The highest BCUT2D eigenvalue weighted by Crippen LogP contribution is 2.19. The molecule has 1 aromatic carbocycles. The van der Waals surface area contributed by atoms with Crippen LogP contribution < -0.4 is 0 Å². The lowest BCUT2D eigenvalue weighted by atomic mass is 10.2. The molecule has 9 heteroatoms. The van der Waals surface area contributed by atoms with Crippen molar-refractivity contribution >= 4 is 32.6 Å². The maximum Gasteiger partial charge on any atom is 0.359 e. The smallest absolute Gasteiger partial charge is 0.359 e. The predicted molar refractivity (Wildman–Crippen MR) is 100 cm³/mol. The fraction of sp³-hybridized carbons (Fsp3) is 0.500. The molecule has 0 saturated carbocycles. The minimum absolute atomic E-state index is 0.0274. The molecule has 146 valence electrons. The monoisotopic (exact) mass is 393 g/mol. The lowest BCUT2D eigenvalue weighted by Gasteiger charge is -2.28. The second-order valence-electron chi connectivity index (χ2n) is 6.69. The normalized spacial score (nSPS) is 18.5. The average molecular weight is 393 g/mol. The van der Waals surface area contributed by atoms with Crippen LogP contribution in [0.25, 0.3) is 10.9 Å². The van der Waals surface area contributed by atoms with Crippen LogP contribution in [0.15, 0.2) is 24.3 Å². The summed E-state index contributed by atoms with van der Waals surface area (Å²) >= 11 is 0. The highest BCUT2D eigenvalue weighted by molar-refractivity contribution is 7.91. The van der Waals surface area contributed by atoms with Crippen LogP contribution in [0.3, 0.4) is 0 Å². The number of carbonyl (C=O) groups excluding carboxylic acids is 2. The number of sulfone groups is 1. The molecule has 1 aliphatic heterocycles. The zero-order valence-electron chi connectivity index (χ0n) is 15.2. The largest absolute Gasteiger partial charge is 0.451 e. The summed E-state index contributed by atoms with van der Waals surface area (Å²) < 4.78 is 28.7. The molecule has 27 heavy (non-hydrogen) atoms. The number of carbonyl (C=O) groups is 2. The van der Waals surface area contributed by atoms with Crippen molar-refractivity contribution in [1.82, 2.24) is 15.1 Å². The van der Waals surface area contributed by atoms with Gasteiger partial charge in [-0.1, -0.05) is 31.5 Å². The van der Waals surface area contributed by atoms with E-state index in [2.05, 4.69) is 10.2 Å². The summed E-state index contributed by atoms with van der Waals surface area (Å²) in [5.74, 6) is -0.999. The fourth-order valence-corrected chi connectivity index (χ4v) is 4.99. The number of hydrogen-bond donors (Lipinski definition) is 1. The number of amides is 1. The summed E-state index contributed by atoms with van der Waals surface area (Å²) in [6, 6.07) is 6.79. The molecule has 1 fully saturated rings. The standard InChI is InChI=1S/C18H23N3O5S/c1-2-3-9-21(13-8-10-27(24,25)12-13)16(22)11-26-18(23)17-14-6-4-5-7-15(14)19-20-17/h4-7,13H,2-3,8-12H2,1H3,(H,19,20). The molecule has 0 aliphatic carbocycles. The highest BCUT2D eigenvalue weighted by Gasteiger charge is 2.34. The van der Waals surface area contributed by atoms with Crippen molar-refractivity contribution in [1.29, 1.82) is 0 Å². The van der Waals surface area contributed by atoms with Gasteiger partial charge in [0.25, 0.3) is 5.91 Å². The molecule has 1 amide bonds. The van der Waals surface area contributed by atoms with Crippen LogP contribution in [0, 0.1) is 0 Å². The van der Waals surface area contributed by atoms with Crippen molar-refractivity contribution in [2.45, 2.75) is 32.2 Å². The van der Waals surface area contributed by atoms with Crippen LogP contribution in [-0.2, 0) is 19.4 Å². The third-order valence-electron chi connectivity index (χ3n) is 4.71. The molecular weight excluding hydrogens is 370 g/mol. The van der Waals surface area contributed by atoms with Gasteiger partial charge in [-0.15, -0.1) is 0 Å². The second-order valence-corrected chi connectivity index (χ2v) is 8.92. The zero-order valence-corrected chi connectivity index (χ0v) is 16.0. The van der Waals surface area contributed by atoms with E-state index >= 15 is 0 Å². The number of ether oxygens (including phenoxy) is 1. The highest BCUT2D eigenvalue weighted by atomic mass is 32.2. The quantitative estimate of drug-likeness (QED) is 0.715. The van der Waals surface area contributed by atoms with Gasteiger partial charge in [-0.3, -0.25) is 9.89 Å². The van der Waals surface area contributed by atoms with E-state index in [4.69, 9.17) is 4.74 Å². The Bertz CT molecular complexity index is 937. The number of rotatable bonds is 7. The Balaban J connectivity index is 1.65. The van der Waals surface area contributed by atoms with E-state index < -0.39 is 22.4 Å². The Morgan fingerprint density at radius 2 is 2.11 bits per heavy atom. The molecule has 2 aromatic rings. The number of nitrogens with one attached hydrogen (secondary N) is 1. The number of nitrogens with zero attached hydrogens (tertiary/aromatic N) is 2. The predicted octanol–water partition coefficient (Wildman–Crippen LogP) is 1.54. The molecule has 0 radical (unpaired) electrons. The van der Waals surface area contributed by atoms with Gasteiger partial charge >= 0.3 is 5.97 Å². The third kappa shape index (κ3) is 4.47. The van der Waals surface area contributed by atoms with Gasteiger partial charge in [-0.05, 0) is 18.9 Å². The van der Waals surface area contributed by atoms with Crippen molar-refractivity contribution in [3.63, 3.8) is 0 Å². The van der Waals surface area contributed by atoms with Crippen molar-refractivity contribution < 1.29 is 22.7 Å². The summed E-state index contributed by atoms with van der Waals surface area (Å²) in [7, 11) is -3.11. The van der Waals surface area contributed by atoms with E-state index in [9.17, 15) is 18.0 Å². The van der Waals surface area contributed by atoms with Crippen LogP contribution in [0.2, 0.25) is 0 Å². The summed E-state index contributed by atoms with van der Waals surface area (Å²) in [6.45, 7) is 2.02. The van der Waals surface area contributed by atoms with Gasteiger partial charge in [-0.25, -0.2) is 13.2 Å². The molecule has 1 saturated heterocycles. The number of aromatic amines is 1. The molecule has 0 spiro atoms. The van der Waals surface area contributed by atoms with Gasteiger partial charge in [0.1, 0.15) is 0 Å². The van der Waals surface area contributed by atoms with Crippen molar-refractivity contribution in [2.24, 2.45) is 0 Å². The minimum Gasteiger partial charge on any atom is -0.451 e. The van der Waals surface area contributed by atoms with Crippen LogP contribution in [0.1, 0.15) is 36.7 Å².